The summed E-state index contributed by atoms with van der Waals surface area (Å²) < 4.78 is 1.90. The Hall–Kier alpha value is -1.66. The lowest BCUT2D eigenvalue weighted by molar-refractivity contribution is 0.0592. The molecule has 0 bridgehead atoms. The molecule has 1 saturated carbocycles. The first-order valence-corrected chi connectivity index (χ1v) is 11.7. The molecule has 0 spiro atoms. The maximum absolute atomic E-state index is 12.7. The van der Waals surface area contributed by atoms with Crippen molar-refractivity contribution in [3.63, 3.8) is 0 Å². The van der Waals surface area contributed by atoms with Crippen LogP contribution in [0.1, 0.15) is 60.7 Å². The van der Waals surface area contributed by atoms with Crippen LogP contribution in [0.2, 0.25) is 0 Å². The average molecular weight is 536 g/mol. The number of carbonyl (C=O) groups excluding carboxylic acids is 2. The second-order valence-electron chi connectivity index (χ2n) is 9.43. The molecule has 0 saturated heterocycles. The summed E-state index contributed by atoms with van der Waals surface area (Å²) in [6.07, 6.45) is 2.75. The Morgan fingerprint density at radius 1 is 0.867 bits per heavy atom. The molecule has 3 rings (SSSR count). The topological polar surface area (TPSA) is 58.2 Å². The van der Waals surface area contributed by atoms with Crippen LogP contribution >= 0.6 is 31.9 Å². The van der Waals surface area contributed by atoms with Crippen LogP contribution in [-0.4, -0.2) is 24.4 Å². The van der Waals surface area contributed by atoms with Crippen LogP contribution in [0, 0.1) is 10.8 Å². The second-order valence-corrected chi connectivity index (χ2v) is 11.3. The quantitative estimate of drug-likeness (QED) is 0.496. The highest BCUT2D eigenvalue weighted by Gasteiger charge is 2.41. The molecule has 1 fully saturated rings. The highest BCUT2D eigenvalue weighted by Crippen LogP contribution is 2.45. The van der Waals surface area contributed by atoms with Crippen LogP contribution in [0.4, 0.5) is 0 Å². The summed E-state index contributed by atoms with van der Waals surface area (Å²) in [7, 11) is 0. The van der Waals surface area contributed by atoms with Gasteiger partial charge in [0.1, 0.15) is 0 Å². The molecule has 6 heteroatoms. The summed E-state index contributed by atoms with van der Waals surface area (Å²) in [5.74, 6) is -0.117. The summed E-state index contributed by atoms with van der Waals surface area (Å²) in [6.45, 7) is 7.25. The third-order valence-corrected chi connectivity index (χ3v) is 6.72. The van der Waals surface area contributed by atoms with Crippen molar-refractivity contribution in [1.82, 2.24) is 10.6 Å². The van der Waals surface area contributed by atoms with Gasteiger partial charge in [-0.3, -0.25) is 9.59 Å². The summed E-state index contributed by atoms with van der Waals surface area (Å²) in [4.78, 5) is 25.3. The molecule has 0 unspecified atom stereocenters. The molecule has 2 atom stereocenters. The smallest absolute Gasteiger partial charge is 0.251 e. The normalized spacial score (nSPS) is 22.9. The lowest BCUT2D eigenvalue weighted by atomic mass is 9.62. The van der Waals surface area contributed by atoms with E-state index in [-0.39, 0.29) is 28.7 Å². The first kappa shape index (κ1) is 23.0. The van der Waals surface area contributed by atoms with Gasteiger partial charge in [0.15, 0.2) is 0 Å². The zero-order valence-electron chi connectivity index (χ0n) is 17.6. The van der Waals surface area contributed by atoms with E-state index in [1.54, 1.807) is 0 Å². The molecular formula is C24H28Br2N2O2. The Balaban J connectivity index is 1.65. The van der Waals surface area contributed by atoms with Crippen molar-refractivity contribution in [2.24, 2.45) is 10.8 Å². The van der Waals surface area contributed by atoms with E-state index in [0.717, 1.165) is 28.2 Å². The van der Waals surface area contributed by atoms with Crippen LogP contribution in [-0.2, 0) is 0 Å². The van der Waals surface area contributed by atoms with E-state index < -0.39 is 0 Å². The molecule has 2 N–H and O–H groups in total. The molecule has 0 radical (unpaired) electrons. The van der Waals surface area contributed by atoms with E-state index >= 15 is 0 Å². The predicted octanol–water partition coefficient (Wildman–Crippen LogP) is 5.96. The van der Waals surface area contributed by atoms with Crippen LogP contribution in [0.5, 0.6) is 0 Å². The van der Waals surface area contributed by atoms with E-state index in [1.807, 2.05) is 48.5 Å². The Morgan fingerprint density at radius 3 is 1.90 bits per heavy atom. The van der Waals surface area contributed by atoms with Gasteiger partial charge in [0.2, 0.25) is 0 Å². The van der Waals surface area contributed by atoms with Crippen molar-refractivity contribution in [3.05, 3.63) is 68.6 Å². The third kappa shape index (κ3) is 6.17. The first-order valence-electron chi connectivity index (χ1n) is 10.2. The Labute approximate surface area is 195 Å². The summed E-state index contributed by atoms with van der Waals surface area (Å²) in [5, 5.41) is 6.32. The number of amides is 2. The van der Waals surface area contributed by atoms with Gasteiger partial charge >= 0.3 is 0 Å². The van der Waals surface area contributed by atoms with Crippen LogP contribution in [0.15, 0.2) is 57.5 Å². The van der Waals surface area contributed by atoms with Crippen molar-refractivity contribution >= 4 is 43.7 Å². The molecule has 2 aromatic carbocycles. The maximum atomic E-state index is 12.7. The lowest BCUT2D eigenvalue weighted by Crippen LogP contribution is -2.50. The summed E-state index contributed by atoms with van der Waals surface area (Å²) in [6, 6.07) is 14.8. The molecular weight excluding hydrogens is 508 g/mol. The molecule has 160 valence electrons. The zero-order valence-corrected chi connectivity index (χ0v) is 20.8. The summed E-state index contributed by atoms with van der Waals surface area (Å²) >= 11 is 6.80. The number of benzene rings is 2. The highest BCUT2D eigenvalue weighted by atomic mass is 79.9. The molecule has 1 aliphatic carbocycles. The Bertz CT molecular complexity index is 910. The maximum Gasteiger partial charge on any atom is 0.251 e. The SMILES string of the molecule is CC1(C)C[C@H](NC(=O)c2ccc(Br)cc2)C[C@](C)(CNC(=O)c2ccc(Br)cc2)C1. The summed E-state index contributed by atoms with van der Waals surface area (Å²) in [5.41, 5.74) is 1.29. The van der Waals surface area contributed by atoms with E-state index in [1.165, 1.54) is 0 Å². The van der Waals surface area contributed by atoms with Gasteiger partial charge in [-0.1, -0.05) is 52.6 Å². The molecule has 0 heterocycles. The van der Waals surface area contributed by atoms with Gasteiger partial charge < -0.3 is 10.6 Å². The molecule has 0 aromatic heterocycles. The van der Waals surface area contributed by atoms with Crippen molar-refractivity contribution in [2.45, 2.75) is 46.1 Å². The molecule has 1 aliphatic rings. The van der Waals surface area contributed by atoms with Crippen LogP contribution in [0.25, 0.3) is 0 Å². The number of hydrogen-bond acceptors (Lipinski definition) is 2. The molecule has 4 nitrogen and oxygen atoms in total. The minimum absolute atomic E-state index is 0.0496. The monoisotopic (exact) mass is 534 g/mol. The van der Waals surface area contributed by atoms with Crippen molar-refractivity contribution in [2.75, 3.05) is 6.54 Å². The van der Waals surface area contributed by atoms with Gasteiger partial charge in [-0.25, -0.2) is 0 Å². The fourth-order valence-corrected chi connectivity index (χ4v) is 5.27. The van der Waals surface area contributed by atoms with E-state index in [0.29, 0.717) is 17.7 Å². The second kappa shape index (κ2) is 9.23. The standard InChI is InChI=1S/C24H28Br2N2O2/c1-23(2)12-20(28-22(30)17-6-10-19(26)11-7-17)13-24(3,14-23)15-27-21(29)16-4-8-18(25)9-5-16/h4-11,20H,12-15H2,1-3H3,(H,27,29)(H,28,30)/t20-,24-/m0/s1. The minimum atomic E-state index is -0.0928. The number of nitrogens with one attached hydrogen (secondary N) is 2. The first-order chi connectivity index (χ1) is 14.1. The van der Waals surface area contributed by atoms with Crippen LogP contribution in [0.3, 0.4) is 0 Å². The number of carbonyl (C=O) groups is 2. The van der Waals surface area contributed by atoms with Crippen LogP contribution < -0.4 is 10.6 Å². The number of rotatable bonds is 5. The molecule has 2 amide bonds. The lowest BCUT2D eigenvalue weighted by Gasteiger charge is -2.47. The largest absolute Gasteiger partial charge is 0.351 e. The molecule has 0 aliphatic heterocycles. The molecule has 2 aromatic rings. The van der Waals surface area contributed by atoms with Crippen molar-refractivity contribution in [1.29, 1.82) is 0 Å². The fourth-order valence-electron chi connectivity index (χ4n) is 4.74. The van der Waals surface area contributed by atoms with Gasteiger partial charge in [0.05, 0.1) is 0 Å². The van der Waals surface area contributed by atoms with Gasteiger partial charge in [0.25, 0.3) is 11.8 Å². The van der Waals surface area contributed by atoms with E-state index in [2.05, 4.69) is 63.3 Å². The van der Waals surface area contributed by atoms with Gasteiger partial charge in [0, 0.05) is 32.7 Å². The van der Waals surface area contributed by atoms with Gasteiger partial charge in [-0.2, -0.15) is 0 Å². The van der Waals surface area contributed by atoms with Gasteiger partial charge in [-0.15, -0.1) is 0 Å². The Kier molecular flexibility index (Phi) is 7.08. The van der Waals surface area contributed by atoms with Crippen molar-refractivity contribution in [3.8, 4) is 0 Å². The Morgan fingerprint density at radius 2 is 1.37 bits per heavy atom. The zero-order chi connectivity index (χ0) is 21.9. The fraction of sp³-hybridized carbons (Fsp3) is 0.417. The van der Waals surface area contributed by atoms with Crippen molar-refractivity contribution < 1.29 is 9.59 Å². The van der Waals surface area contributed by atoms with Gasteiger partial charge in [-0.05, 0) is 78.6 Å². The predicted molar refractivity (Wildman–Crippen MR) is 128 cm³/mol. The van der Waals surface area contributed by atoms with E-state index in [4.69, 9.17) is 0 Å². The third-order valence-electron chi connectivity index (χ3n) is 5.67. The number of halogens is 2. The average Bonchev–Trinajstić information content (AvgIpc) is 2.65. The number of hydrogen-bond donors (Lipinski definition) is 2. The highest BCUT2D eigenvalue weighted by molar-refractivity contribution is 9.10. The van der Waals surface area contributed by atoms with E-state index in [9.17, 15) is 9.59 Å². The minimum Gasteiger partial charge on any atom is -0.351 e. The molecule has 30 heavy (non-hydrogen) atoms.